The van der Waals surface area contributed by atoms with Crippen molar-refractivity contribution in [2.75, 3.05) is 11.5 Å². The highest BCUT2D eigenvalue weighted by Gasteiger charge is 1.94. The molecule has 1 aromatic rings. The Morgan fingerprint density at radius 1 is 1.58 bits per heavy atom. The summed E-state index contributed by atoms with van der Waals surface area (Å²) >= 11 is 4.29. The standard InChI is InChI=1S/C9H12INS/c1-2-12-6-4-9-7-8(10)3-5-11-9/h3,5,7H,2,4,6H2,1H3. The van der Waals surface area contributed by atoms with E-state index in [2.05, 4.69) is 40.6 Å². The van der Waals surface area contributed by atoms with Gasteiger partial charge in [-0.25, -0.2) is 0 Å². The van der Waals surface area contributed by atoms with E-state index in [1.165, 1.54) is 20.8 Å². The smallest absolute Gasteiger partial charge is 0.0422 e. The summed E-state index contributed by atoms with van der Waals surface area (Å²) < 4.78 is 1.28. The third-order valence-electron chi connectivity index (χ3n) is 1.49. The maximum Gasteiger partial charge on any atom is 0.0422 e. The van der Waals surface area contributed by atoms with Crippen molar-refractivity contribution in [3.63, 3.8) is 0 Å². The average Bonchev–Trinajstić information content (AvgIpc) is 2.05. The predicted octanol–water partition coefficient (Wildman–Crippen LogP) is 2.98. The first kappa shape index (κ1) is 10.3. The van der Waals surface area contributed by atoms with Gasteiger partial charge in [0, 0.05) is 15.5 Å². The second kappa shape index (κ2) is 5.80. The predicted molar refractivity (Wildman–Crippen MR) is 63.7 cm³/mol. The van der Waals surface area contributed by atoms with Crippen LogP contribution >= 0.6 is 34.4 Å². The SMILES string of the molecule is CCSCCc1cc(I)ccn1. The number of nitrogens with zero attached hydrogens (tertiary/aromatic N) is 1. The van der Waals surface area contributed by atoms with Gasteiger partial charge in [0.05, 0.1) is 0 Å². The molecule has 1 heterocycles. The number of halogens is 1. The molecule has 0 atom stereocenters. The Hall–Kier alpha value is 0.230. The third-order valence-corrected chi connectivity index (χ3v) is 3.06. The third kappa shape index (κ3) is 3.76. The molecule has 0 amide bonds. The molecule has 0 saturated heterocycles. The van der Waals surface area contributed by atoms with Crippen LogP contribution in [0.15, 0.2) is 18.3 Å². The van der Waals surface area contributed by atoms with Crippen LogP contribution in [0.5, 0.6) is 0 Å². The lowest BCUT2D eigenvalue weighted by Crippen LogP contribution is -1.92. The largest absolute Gasteiger partial charge is 0.261 e. The highest BCUT2D eigenvalue weighted by atomic mass is 127. The highest BCUT2D eigenvalue weighted by Crippen LogP contribution is 2.08. The van der Waals surface area contributed by atoms with Crippen molar-refractivity contribution in [3.05, 3.63) is 27.6 Å². The van der Waals surface area contributed by atoms with E-state index in [-0.39, 0.29) is 0 Å². The summed E-state index contributed by atoms with van der Waals surface area (Å²) in [5.41, 5.74) is 1.21. The topological polar surface area (TPSA) is 12.9 Å². The highest BCUT2D eigenvalue weighted by molar-refractivity contribution is 14.1. The lowest BCUT2D eigenvalue weighted by Gasteiger charge is -1.99. The Morgan fingerprint density at radius 3 is 3.08 bits per heavy atom. The molecular formula is C9H12INS. The van der Waals surface area contributed by atoms with E-state index in [9.17, 15) is 0 Å². The quantitative estimate of drug-likeness (QED) is 0.625. The first-order valence-electron chi connectivity index (χ1n) is 4.01. The fourth-order valence-electron chi connectivity index (χ4n) is 0.907. The Morgan fingerprint density at radius 2 is 2.42 bits per heavy atom. The summed E-state index contributed by atoms with van der Waals surface area (Å²) in [4.78, 5) is 4.29. The summed E-state index contributed by atoms with van der Waals surface area (Å²) in [5.74, 6) is 2.38. The molecule has 1 nitrogen and oxygen atoms in total. The normalized spacial score (nSPS) is 10.2. The molecule has 0 saturated carbocycles. The van der Waals surface area contributed by atoms with E-state index in [1.54, 1.807) is 0 Å². The van der Waals surface area contributed by atoms with Crippen LogP contribution in [0.25, 0.3) is 0 Å². The molecule has 66 valence electrons. The van der Waals surface area contributed by atoms with E-state index in [1.807, 2.05) is 24.0 Å². The van der Waals surface area contributed by atoms with Crippen molar-refractivity contribution in [2.45, 2.75) is 13.3 Å². The van der Waals surface area contributed by atoms with E-state index in [0.29, 0.717) is 0 Å². The van der Waals surface area contributed by atoms with E-state index in [0.717, 1.165) is 6.42 Å². The molecule has 0 aromatic carbocycles. The van der Waals surface area contributed by atoms with Crippen molar-refractivity contribution >= 4 is 34.4 Å². The van der Waals surface area contributed by atoms with Crippen molar-refractivity contribution in [2.24, 2.45) is 0 Å². The Kier molecular flexibility index (Phi) is 4.99. The average molecular weight is 293 g/mol. The van der Waals surface area contributed by atoms with Gasteiger partial charge in [0.15, 0.2) is 0 Å². The lowest BCUT2D eigenvalue weighted by molar-refractivity contribution is 1.04. The molecule has 0 aliphatic heterocycles. The van der Waals surface area contributed by atoms with E-state index >= 15 is 0 Å². The number of aromatic nitrogens is 1. The van der Waals surface area contributed by atoms with Crippen LogP contribution in [0.3, 0.4) is 0 Å². The van der Waals surface area contributed by atoms with Gasteiger partial charge < -0.3 is 0 Å². The molecule has 12 heavy (non-hydrogen) atoms. The Labute approximate surface area is 91.5 Å². The molecule has 3 heteroatoms. The zero-order valence-electron chi connectivity index (χ0n) is 7.09. The number of pyridine rings is 1. The first-order valence-corrected chi connectivity index (χ1v) is 6.24. The van der Waals surface area contributed by atoms with Gasteiger partial charge in [-0.2, -0.15) is 11.8 Å². The molecule has 1 rings (SSSR count). The minimum atomic E-state index is 1.09. The summed E-state index contributed by atoms with van der Waals surface area (Å²) in [6, 6.07) is 4.17. The summed E-state index contributed by atoms with van der Waals surface area (Å²) in [6.45, 7) is 2.19. The van der Waals surface area contributed by atoms with Crippen LogP contribution < -0.4 is 0 Å². The van der Waals surface area contributed by atoms with Crippen LogP contribution in [-0.2, 0) is 6.42 Å². The second-order valence-electron chi connectivity index (χ2n) is 2.41. The van der Waals surface area contributed by atoms with Crippen molar-refractivity contribution in [1.82, 2.24) is 4.98 Å². The number of aryl methyl sites for hydroxylation is 1. The number of rotatable bonds is 4. The first-order chi connectivity index (χ1) is 5.83. The number of hydrogen-bond acceptors (Lipinski definition) is 2. The molecule has 1 aromatic heterocycles. The molecule has 0 fully saturated rings. The van der Waals surface area contributed by atoms with Crippen molar-refractivity contribution in [1.29, 1.82) is 0 Å². The van der Waals surface area contributed by atoms with E-state index in [4.69, 9.17) is 0 Å². The van der Waals surface area contributed by atoms with Gasteiger partial charge >= 0.3 is 0 Å². The molecule has 0 spiro atoms. The summed E-state index contributed by atoms with van der Waals surface area (Å²) in [6.07, 6.45) is 2.98. The fraction of sp³-hybridized carbons (Fsp3) is 0.444. The van der Waals surface area contributed by atoms with Crippen LogP contribution in [-0.4, -0.2) is 16.5 Å². The van der Waals surface area contributed by atoms with Crippen molar-refractivity contribution in [3.8, 4) is 0 Å². The fourth-order valence-corrected chi connectivity index (χ4v) is 2.07. The second-order valence-corrected chi connectivity index (χ2v) is 5.05. The molecule has 0 aliphatic carbocycles. The molecule has 0 radical (unpaired) electrons. The van der Waals surface area contributed by atoms with E-state index < -0.39 is 0 Å². The van der Waals surface area contributed by atoms with Crippen LogP contribution in [0.2, 0.25) is 0 Å². The van der Waals surface area contributed by atoms with Crippen LogP contribution in [0.1, 0.15) is 12.6 Å². The molecular weight excluding hydrogens is 281 g/mol. The minimum absolute atomic E-state index is 1.09. The van der Waals surface area contributed by atoms with Gasteiger partial charge in [-0.3, -0.25) is 4.98 Å². The van der Waals surface area contributed by atoms with Crippen LogP contribution in [0, 0.1) is 3.57 Å². The Balaban J connectivity index is 2.41. The Bertz CT molecular complexity index is 240. The molecule has 0 bridgehead atoms. The van der Waals surface area contributed by atoms with Gasteiger partial charge in [-0.1, -0.05) is 6.92 Å². The van der Waals surface area contributed by atoms with Gasteiger partial charge in [-0.05, 0) is 52.7 Å². The minimum Gasteiger partial charge on any atom is -0.261 e. The lowest BCUT2D eigenvalue weighted by atomic mass is 10.3. The van der Waals surface area contributed by atoms with Gasteiger partial charge in [0.2, 0.25) is 0 Å². The molecule has 0 aliphatic rings. The van der Waals surface area contributed by atoms with Crippen molar-refractivity contribution < 1.29 is 0 Å². The van der Waals surface area contributed by atoms with Gasteiger partial charge in [0.1, 0.15) is 0 Å². The zero-order valence-corrected chi connectivity index (χ0v) is 10.1. The van der Waals surface area contributed by atoms with Crippen LogP contribution in [0.4, 0.5) is 0 Å². The summed E-state index contributed by atoms with van der Waals surface area (Å²) in [5, 5.41) is 0. The zero-order chi connectivity index (χ0) is 8.81. The molecule has 0 N–H and O–H groups in total. The number of hydrogen-bond donors (Lipinski definition) is 0. The van der Waals surface area contributed by atoms with Gasteiger partial charge in [-0.15, -0.1) is 0 Å². The maximum absolute atomic E-state index is 4.29. The number of thioether (sulfide) groups is 1. The monoisotopic (exact) mass is 293 g/mol. The van der Waals surface area contributed by atoms with Gasteiger partial charge in [0.25, 0.3) is 0 Å². The maximum atomic E-state index is 4.29. The molecule has 0 unspecified atom stereocenters. The summed E-state index contributed by atoms with van der Waals surface area (Å²) in [7, 11) is 0.